The minimum absolute atomic E-state index is 0.181. The first-order valence-corrected chi connectivity index (χ1v) is 11.8. The molecule has 2 aromatic rings. The highest BCUT2D eigenvalue weighted by molar-refractivity contribution is 5.87. The second kappa shape index (κ2) is 13.7. The molecule has 36 heavy (non-hydrogen) atoms. The van der Waals surface area contributed by atoms with E-state index in [1.54, 1.807) is 25.1 Å². The van der Waals surface area contributed by atoms with Gasteiger partial charge in [-0.15, -0.1) is 0 Å². The summed E-state index contributed by atoms with van der Waals surface area (Å²) in [4.78, 5) is 35.5. The Hall–Kier alpha value is -4.08. The van der Waals surface area contributed by atoms with Gasteiger partial charge in [0.2, 0.25) is 0 Å². The number of carbonyl (C=O) groups is 3. The molecule has 0 aromatic heterocycles. The van der Waals surface area contributed by atoms with Gasteiger partial charge in [0.05, 0.1) is 26.5 Å². The van der Waals surface area contributed by atoms with Gasteiger partial charge in [0.1, 0.15) is 5.75 Å². The zero-order valence-corrected chi connectivity index (χ0v) is 20.5. The molecule has 0 saturated heterocycles. The molecule has 0 heterocycles. The van der Waals surface area contributed by atoms with Gasteiger partial charge in [0.15, 0.2) is 24.7 Å². The summed E-state index contributed by atoms with van der Waals surface area (Å²) in [7, 11) is 1.47. The molecule has 2 amide bonds. The Morgan fingerprint density at radius 1 is 0.944 bits per heavy atom. The monoisotopic (exact) mass is 497 g/mol. The summed E-state index contributed by atoms with van der Waals surface area (Å²) in [5.74, 6) is 0.0234. The van der Waals surface area contributed by atoms with Crippen LogP contribution in [0.5, 0.6) is 17.2 Å². The van der Waals surface area contributed by atoms with E-state index in [-0.39, 0.29) is 26.4 Å². The van der Waals surface area contributed by atoms with Crippen molar-refractivity contribution in [2.75, 3.05) is 33.5 Å². The van der Waals surface area contributed by atoms with Crippen molar-refractivity contribution in [1.29, 1.82) is 0 Å². The zero-order chi connectivity index (χ0) is 25.8. The normalized spacial score (nSPS) is 12.4. The Morgan fingerprint density at radius 2 is 1.75 bits per heavy atom. The second-order valence-corrected chi connectivity index (χ2v) is 8.00. The number of hydrogen-bond donors (Lipinski definition) is 2. The standard InChI is InChI=1S/C26H31N3O7/c1-3-34-26(32)17-36-22-11-8-18(12-23(22)33-2)14-28-29-24(30)15-27-25(31)16-35-21-10-9-19-6-4-5-7-20(19)13-21/h8-14H,3-7,15-17H2,1-2H3,(H,27,31)(H,29,30)/b28-14-. The molecule has 0 unspecified atom stereocenters. The molecule has 10 heteroatoms. The number of hydrogen-bond acceptors (Lipinski definition) is 8. The minimum Gasteiger partial charge on any atom is -0.493 e. The number of benzene rings is 2. The van der Waals surface area contributed by atoms with Crippen molar-refractivity contribution >= 4 is 24.0 Å². The lowest BCUT2D eigenvalue weighted by molar-refractivity contribution is -0.145. The Morgan fingerprint density at radius 3 is 2.53 bits per heavy atom. The molecule has 0 spiro atoms. The molecular formula is C26H31N3O7. The number of nitrogens with one attached hydrogen (secondary N) is 2. The number of nitrogens with zero attached hydrogens (tertiary/aromatic N) is 1. The lowest BCUT2D eigenvalue weighted by Crippen LogP contribution is -2.37. The van der Waals surface area contributed by atoms with Gasteiger partial charge in [-0.1, -0.05) is 6.07 Å². The van der Waals surface area contributed by atoms with Crippen LogP contribution in [0.1, 0.15) is 36.5 Å². The lowest BCUT2D eigenvalue weighted by Gasteiger charge is -2.16. The molecule has 0 fully saturated rings. The summed E-state index contributed by atoms with van der Waals surface area (Å²) in [6.07, 6.45) is 5.89. The Bertz CT molecular complexity index is 1100. The van der Waals surface area contributed by atoms with Gasteiger partial charge in [-0.05, 0) is 79.6 Å². The van der Waals surface area contributed by atoms with Crippen LogP contribution in [-0.4, -0.2) is 57.5 Å². The number of esters is 1. The minimum atomic E-state index is -0.491. The number of carbonyl (C=O) groups excluding carboxylic acids is 3. The molecule has 3 rings (SSSR count). The number of rotatable bonds is 12. The van der Waals surface area contributed by atoms with Crippen molar-refractivity contribution in [3.63, 3.8) is 0 Å². The molecule has 1 aliphatic carbocycles. The first-order chi connectivity index (χ1) is 17.5. The van der Waals surface area contributed by atoms with Gasteiger partial charge >= 0.3 is 5.97 Å². The molecule has 0 radical (unpaired) electrons. The molecule has 192 valence electrons. The Labute approximate surface area is 209 Å². The molecule has 0 aliphatic heterocycles. The van der Waals surface area contributed by atoms with Crippen LogP contribution in [0.25, 0.3) is 0 Å². The highest BCUT2D eigenvalue weighted by Gasteiger charge is 2.12. The first kappa shape index (κ1) is 26.5. The molecule has 0 atom stereocenters. The summed E-state index contributed by atoms with van der Waals surface area (Å²) in [6.45, 7) is 1.32. The topological polar surface area (TPSA) is 125 Å². The van der Waals surface area contributed by atoms with E-state index in [0.29, 0.717) is 22.8 Å². The Balaban J connectivity index is 1.39. The largest absolute Gasteiger partial charge is 0.493 e. The molecular weight excluding hydrogens is 466 g/mol. The van der Waals surface area contributed by atoms with E-state index in [1.165, 1.54) is 37.3 Å². The van der Waals surface area contributed by atoms with E-state index >= 15 is 0 Å². The van der Waals surface area contributed by atoms with Crippen LogP contribution in [0.3, 0.4) is 0 Å². The number of hydrazone groups is 1. The van der Waals surface area contributed by atoms with Crippen LogP contribution in [0.2, 0.25) is 0 Å². The van der Waals surface area contributed by atoms with Gasteiger partial charge < -0.3 is 24.3 Å². The van der Waals surface area contributed by atoms with Crippen molar-refractivity contribution in [3.05, 3.63) is 53.1 Å². The van der Waals surface area contributed by atoms with E-state index in [0.717, 1.165) is 12.8 Å². The van der Waals surface area contributed by atoms with E-state index < -0.39 is 17.8 Å². The fraction of sp³-hybridized carbons (Fsp3) is 0.385. The van der Waals surface area contributed by atoms with E-state index in [9.17, 15) is 14.4 Å². The highest BCUT2D eigenvalue weighted by atomic mass is 16.6. The van der Waals surface area contributed by atoms with Crippen LogP contribution >= 0.6 is 0 Å². The zero-order valence-electron chi connectivity index (χ0n) is 20.5. The SMILES string of the molecule is CCOC(=O)COc1ccc(/C=N\NC(=O)CNC(=O)COc2ccc3c(c2)CCCC3)cc1OC. The molecule has 10 nitrogen and oxygen atoms in total. The number of fused-ring (bicyclic) bond motifs is 1. The predicted octanol–water partition coefficient (Wildman–Crippen LogP) is 2.16. The summed E-state index contributed by atoms with van der Waals surface area (Å²) in [5, 5.41) is 6.38. The number of ether oxygens (including phenoxy) is 4. The molecule has 2 N–H and O–H groups in total. The predicted molar refractivity (Wildman–Crippen MR) is 132 cm³/mol. The fourth-order valence-electron chi connectivity index (χ4n) is 3.62. The van der Waals surface area contributed by atoms with Gasteiger partial charge in [-0.2, -0.15) is 5.10 Å². The van der Waals surface area contributed by atoms with Crippen molar-refractivity contribution in [1.82, 2.24) is 10.7 Å². The van der Waals surface area contributed by atoms with Gasteiger partial charge in [-0.3, -0.25) is 9.59 Å². The van der Waals surface area contributed by atoms with E-state index in [2.05, 4.69) is 15.8 Å². The first-order valence-electron chi connectivity index (χ1n) is 11.8. The fourth-order valence-corrected chi connectivity index (χ4v) is 3.62. The van der Waals surface area contributed by atoms with Crippen molar-refractivity contribution in [2.45, 2.75) is 32.6 Å². The van der Waals surface area contributed by atoms with Gasteiger partial charge in [0.25, 0.3) is 11.8 Å². The number of aryl methyl sites for hydroxylation is 2. The van der Waals surface area contributed by atoms with E-state index in [4.69, 9.17) is 18.9 Å². The smallest absolute Gasteiger partial charge is 0.344 e. The van der Waals surface area contributed by atoms with E-state index in [1.807, 2.05) is 18.2 Å². The third-order valence-electron chi connectivity index (χ3n) is 5.38. The summed E-state index contributed by atoms with van der Waals surface area (Å²) in [6, 6.07) is 10.8. The summed E-state index contributed by atoms with van der Waals surface area (Å²) >= 11 is 0. The quantitative estimate of drug-likeness (QED) is 0.262. The average molecular weight is 498 g/mol. The maximum absolute atomic E-state index is 12.0. The average Bonchev–Trinajstić information content (AvgIpc) is 2.89. The highest BCUT2D eigenvalue weighted by Crippen LogP contribution is 2.27. The molecule has 2 aromatic carbocycles. The molecule has 1 aliphatic rings. The number of amides is 2. The summed E-state index contributed by atoms with van der Waals surface area (Å²) < 4.78 is 21.1. The van der Waals surface area contributed by atoms with Crippen molar-refractivity contribution in [3.8, 4) is 17.2 Å². The summed E-state index contributed by atoms with van der Waals surface area (Å²) in [5.41, 5.74) is 5.58. The van der Waals surface area contributed by atoms with Crippen LogP contribution < -0.4 is 25.0 Å². The van der Waals surface area contributed by atoms with Crippen molar-refractivity contribution < 1.29 is 33.3 Å². The molecule has 0 bridgehead atoms. The van der Waals surface area contributed by atoms with Crippen LogP contribution in [0.15, 0.2) is 41.5 Å². The van der Waals surface area contributed by atoms with Crippen LogP contribution in [-0.2, 0) is 32.0 Å². The lowest BCUT2D eigenvalue weighted by atomic mass is 9.92. The van der Waals surface area contributed by atoms with Gasteiger partial charge in [0, 0.05) is 0 Å². The number of methoxy groups -OCH3 is 1. The van der Waals surface area contributed by atoms with Crippen molar-refractivity contribution in [2.24, 2.45) is 5.10 Å². The maximum Gasteiger partial charge on any atom is 0.344 e. The Kier molecular flexibility index (Phi) is 10.1. The third kappa shape index (κ3) is 8.30. The third-order valence-corrected chi connectivity index (χ3v) is 5.38. The van der Waals surface area contributed by atoms with Crippen LogP contribution in [0, 0.1) is 0 Å². The second-order valence-electron chi connectivity index (χ2n) is 8.00. The maximum atomic E-state index is 12.0. The molecule has 0 saturated carbocycles. The van der Waals surface area contributed by atoms with Gasteiger partial charge in [-0.25, -0.2) is 10.2 Å². The van der Waals surface area contributed by atoms with Crippen LogP contribution in [0.4, 0.5) is 0 Å².